The molecule has 2 fully saturated rings. The van der Waals surface area contributed by atoms with Crippen LogP contribution in [0.1, 0.15) is 46.3 Å². The summed E-state index contributed by atoms with van der Waals surface area (Å²) in [6, 6.07) is 12.6. The quantitative estimate of drug-likeness (QED) is 0.0693. The minimum atomic E-state index is -5.02. The summed E-state index contributed by atoms with van der Waals surface area (Å²) in [6.45, 7) is 3.08. The number of halogens is 6. The molecule has 0 atom stereocenters. The Morgan fingerprint density at radius 1 is 0.843 bits per heavy atom. The number of amides is 1. The van der Waals surface area contributed by atoms with Crippen molar-refractivity contribution >= 4 is 51.7 Å². The zero-order valence-corrected chi connectivity index (χ0v) is 28.3. The number of nitrogens with zero attached hydrogens (tertiary/aromatic N) is 2. The molecule has 2 saturated heterocycles. The second-order valence-corrected chi connectivity index (χ2v) is 13.3. The first-order chi connectivity index (χ1) is 24.1. The standard InChI is InChI=1S/C35H30F6N2O6S2/c36-34(37,38)25-18-24(19-26(20-25)35(39,40)41)22-3-1-4-23(17-22)28(5-2-11-42-13-15-48-16-14-42)30-31(45)43(33(50)51-30)12-10-29(44)49-27-8-6-21(7-9-27)32(46)47/h1,3-4,6-9,17-20H,2,5,10-16H2,(H,46,47)/b30-28-. The van der Waals surface area contributed by atoms with Crippen molar-refractivity contribution in [3.63, 3.8) is 0 Å². The van der Waals surface area contributed by atoms with E-state index in [4.69, 9.17) is 26.8 Å². The lowest BCUT2D eigenvalue weighted by Gasteiger charge is -2.26. The number of thiocarbonyl (C=S) groups is 1. The van der Waals surface area contributed by atoms with Gasteiger partial charge >= 0.3 is 24.3 Å². The number of morpholine rings is 1. The van der Waals surface area contributed by atoms with Gasteiger partial charge in [0.1, 0.15) is 10.1 Å². The van der Waals surface area contributed by atoms with Gasteiger partial charge in [-0.25, -0.2) is 4.79 Å². The number of allylic oxidation sites excluding steroid dienone is 1. The first-order valence-electron chi connectivity index (χ1n) is 15.6. The highest BCUT2D eigenvalue weighted by molar-refractivity contribution is 8.26. The average Bonchev–Trinajstić information content (AvgIpc) is 3.37. The number of thioether (sulfide) groups is 1. The molecule has 5 rings (SSSR count). The molecule has 1 N–H and O–H groups in total. The Bertz CT molecular complexity index is 1810. The fourth-order valence-corrected chi connectivity index (χ4v) is 6.95. The molecule has 2 aliphatic rings. The number of esters is 1. The van der Waals surface area contributed by atoms with Gasteiger partial charge in [-0.15, -0.1) is 0 Å². The molecule has 3 aromatic rings. The van der Waals surface area contributed by atoms with E-state index in [9.17, 15) is 40.7 Å². The number of alkyl halides is 6. The lowest BCUT2D eigenvalue weighted by molar-refractivity contribution is -0.143. The molecule has 3 aromatic carbocycles. The van der Waals surface area contributed by atoms with Crippen molar-refractivity contribution in [2.45, 2.75) is 31.6 Å². The van der Waals surface area contributed by atoms with Gasteiger partial charge in [-0.2, -0.15) is 26.3 Å². The van der Waals surface area contributed by atoms with Gasteiger partial charge in [-0.1, -0.05) is 42.2 Å². The van der Waals surface area contributed by atoms with Crippen LogP contribution < -0.4 is 4.74 Å². The second kappa shape index (κ2) is 16.0. The summed E-state index contributed by atoms with van der Waals surface area (Å²) < 4.78 is 92.7. The fourth-order valence-electron chi connectivity index (χ4n) is 5.53. The number of benzene rings is 3. The smallest absolute Gasteiger partial charge is 0.416 e. The highest BCUT2D eigenvalue weighted by atomic mass is 32.2. The molecule has 2 aliphatic heterocycles. The SMILES string of the molecule is O=C(CCN1C(=O)/C(=C(\CCCN2CCOCC2)c2cccc(-c3cc(C(F)(F)F)cc(C(F)(F)F)c3)c2)SC1=S)Oc1ccc(C(=O)O)cc1. The molecule has 51 heavy (non-hydrogen) atoms. The van der Waals surface area contributed by atoms with Crippen molar-refractivity contribution in [3.8, 4) is 16.9 Å². The maximum absolute atomic E-state index is 13.8. The largest absolute Gasteiger partial charge is 0.478 e. The third-order valence-electron chi connectivity index (χ3n) is 8.13. The lowest BCUT2D eigenvalue weighted by atomic mass is 9.94. The Hall–Kier alpha value is -4.25. The molecule has 0 bridgehead atoms. The molecule has 270 valence electrons. The van der Waals surface area contributed by atoms with Gasteiger partial charge in [-0.05, 0) is 90.2 Å². The van der Waals surface area contributed by atoms with Gasteiger partial charge in [0.25, 0.3) is 5.91 Å². The van der Waals surface area contributed by atoms with E-state index in [-0.39, 0.29) is 50.7 Å². The van der Waals surface area contributed by atoms with E-state index in [1.807, 2.05) is 0 Å². The number of ether oxygens (including phenoxy) is 2. The van der Waals surface area contributed by atoms with E-state index in [0.29, 0.717) is 69.0 Å². The Labute approximate surface area is 298 Å². The van der Waals surface area contributed by atoms with Crippen molar-refractivity contribution < 1.29 is 55.3 Å². The van der Waals surface area contributed by atoms with Crippen LogP contribution in [0.3, 0.4) is 0 Å². The summed E-state index contributed by atoms with van der Waals surface area (Å²) in [4.78, 5) is 41.1. The predicted octanol–water partition coefficient (Wildman–Crippen LogP) is 7.77. The lowest BCUT2D eigenvalue weighted by Crippen LogP contribution is -2.36. The normalized spacial score (nSPS) is 16.8. The first-order valence-corrected chi connectivity index (χ1v) is 16.8. The Balaban J connectivity index is 1.42. The summed E-state index contributed by atoms with van der Waals surface area (Å²) >= 11 is 6.48. The van der Waals surface area contributed by atoms with Crippen molar-refractivity contribution in [1.82, 2.24) is 9.80 Å². The first kappa shape index (κ1) is 38.0. The number of carbonyl (C=O) groups excluding carboxylic acids is 2. The highest BCUT2D eigenvalue weighted by Crippen LogP contribution is 2.42. The van der Waals surface area contributed by atoms with Crippen LogP contribution in [-0.2, 0) is 26.7 Å². The van der Waals surface area contributed by atoms with E-state index in [2.05, 4.69) is 4.90 Å². The molecule has 0 radical (unpaired) electrons. The summed E-state index contributed by atoms with van der Waals surface area (Å²) in [5, 5.41) is 9.05. The molecule has 16 heteroatoms. The van der Waals surface area contributed by atoms with Crippen LogP contribution in [0.15, 0.2) is 71.6 Å². The zero-order valence-electron chi connectivity index (χ0n) is 26.7. The van der Waals surface area contributed by atoms with Crippen LogP contribution in [0.25, 0.3) is 16.7 Å². The van der Waals surface area contributed by atoms with Crippen molar-refractivity contribution in [1.29, 1.82) is 0 Å². The number of carboxylic acids is 1. The van der Waals surface area contributed by atoms with Gasteiger partial charge in [0.15, 0.2) is 0 Å². The molecule has 0 saturated carbocycles. The topological polar surface area (TPSA) is 96.4 Å². The van der Waals surface area contributed by atoms with E-state index in [0.717, 1.165) is 11.8 Å². The van der Waals surface area contributed by atoms with Crippen molar-refractivity contribution in [2.75, 3.05) is 39.4 Å². The van der Waals surface area contributed by atoms with Gasteiger partial charge in [0.05, 0.1) is 41.2 Å². The molecule has 1 amide bonds. The van der Waals surface area contributed by atoms with Crippen LogP contribution in [0.2, 0.25) is 0 Å². The van der Waals surface area contributed by atoms with E-state index in [1.54, 1.807) is 6.07 Å². The Morgan fingerprint density at radius 2 is 1.49 bits per heavy atom. The van der Waals surface area contributed by atoms with Gasteiger partial charge < -0.3 is 14.6 Å². The van der Waals surface area contributed by atoms with Gasteiger partial charge in [0, 0.05) is 19.6 Å². The van der Waals surface area contributed by atoms with E-state index >= 15 is 0 Å². The summed E-state index contributed by atoms with van der Waals surface area (Å²) in [5.74, 6) is -2.24. The molecular formula is C35H30F6N2O6S2. The number of carbonyl (C=O) groups is 3. The molecule has 0 spiro atoms. The summed E-state index contributed by atoms with van der Waals surface area (Å²) in [7, 11) is 0. The average molecular weight is 753 g/mol. The van der Waals surface area contributed by atoms with E-state index < -0.39 is 41.3 Å². The third-order valence-corrected chi connectivity index (χ3v) is 9.62. The highest BCUT2D eigenvalue weighted by Gasteiger charge is 2.38. The number of rotatable bonds is 11. The van der Waals surface area contributed by atoms with Gasteiger partial charge in [0.2, 0.25) is 0 Å². The van der Waals surface area contributed by atoms with Gasteiger partial charge in [-0.3, -0.25) is 19.4 Å². The number of hydrogen-bond donors (Lipinski definition) is 1. The van der Waals surface area contributed by atoms with Crippen LogP contribution in [0, 0.1) is 0 Å². The minimum absolute atomic E-state index is 0.00585. The summed E-state index contributed by atoms with van der Waals surface area (Å²) in [5.41, 5.74) is -2.16. The molecule has 0 aliphatic carbocycles. The Morgan fingerprint density at radius 3 is 2.10 bits per heavy atom. The van der Waals surface area contributed by atoms with Crippen molar-refractivity contribution in [3.05, 3.63) is 93.9 Å². The maximum atomic E-state index is 13.8. The monoisotopic (exact) mass is 752 g/mol. The minimum Gasteiger partial charge on any atom is -0.478 e. The van der Waals surface area contributed by atoms with Crippen molar-refractivity contribution in [2.24, 2.45) is 0 Å². The molecule has 0 unspecified atom stereocenters. The Kier molecular flexibility index (Phi) is 11.9. The maximum Gasteiger partial charge on any atom is 0.416 e. The van der Waals surface area contributed by atoms with Crippen LogP contribution in [0.5, 0.6) is 5.75 Å². The fraction of sp³-hybridized carbons (Fsp3) is 0.314. The van der Waals surface area contributed by atoms with E-state index in [1.165, 1.54) is 47.4 Å². The molecule has 2 heterocycles. The van der Waals surface area contributed by atoms with Crippen LogP contribution in [0.4, 0.5) is 26.3 Å². The molecule has 0 aromatic heterocycles. The number of hydrogen-bond acceptors (Lipinski definition) is 8. The third kappa shape index (κ3) is 9.75. The summed E-state index contributed by atoms with van der Waals surface area (Å²) in [6.07, 6.45) is -9.40. The second-order valence-electron chi connectivity index (χ2n) is 11.6. The predicted molar refractivity (Wildman–Crippen MR) is 181 cm³/mol. The number of carboxylic acid groups (broad SMARTS) is 1. The number of aromatic carboxylic acids is 1. The molecular weight excluding hydrogens is 723 g/mol. The molecule has 8 nitrogen and oxygen atoms in total. The van der Waals surface area contributed by atoms with Crippen LogP contribution >= 0.6 is 24.0 Å². The zero-order chi connectivity index (χ0) is 36.9. The van der Waals surface area contributed by atoms with Crippen LogP contribution in [-0.4, -0.2) is 76.5 Å².